The molecule has 9 aromatic rings. The average Bonchev–Trinajstić information content (AvgIpc) is 3.93. The average molecular weight is 724 g/mol. The molecule has 0 bridgehead atoms. The highest BCUT2D eigenvalue weighted by molar-refractivity contribution is 7.32. The Hall–Kier alpha value is -5.64. The van der Waals surface area contributed by atoms with Gasteiger partial charge in [-0.2, -0.15) is 21.9 Å². The van der Waals surface area contributed by atoms with Crippen LogP contribution in [0.2, 0.25) is 0 Å². The van der Waals surface area contributed by atoms with Crippen LogP contribution in [0.15, 0.2) is 99.6 Å². The largest absolute Gasteiger partial charge is 0.444 e. The highest BCUT2D eigenvalue weighted by Crippen LogP contribution is 2.47. The molecule has 244 valence electrons. The Bertz CT molecular complexity index is 3010. The third-order valence-electron chi connectivity index (χ3n) is 8.36. The third kappa shape index (κ3) is 4.69. The molecular formula is C35H16F3N5O4S3. The van der Waals surface area contributed by atoms with Crippen molar-refractivity contribution in [3.05, 3.63) is 122 Å². The number of nitrogens with zero attached hydrogens (tertiary/aromatic N) is 5. The van der Waals surface area contributed by atoms with Gasteiger partial charge < -0.3 is 4.74 Å². The first kappa shape index (κ1) is 30.4. The fraction of sp³-hybridized carbons (Fsp3) is 0.0571. The van der Waals surface area contributed by atoms with Gasteiger partial charge in [0.25, 0.3) is 5.43 Å². The van der Waals surface area contributed by atoms with Gasteiger partial charge in [0.1, 0.15) is 23.0 Å². The first-order valence-corrected chi connectivity index (χ1v) is 17.2. The minimum Gasteiger partial charge on any atom is -0.444 e. The molecule has 0 saturated heterocycles. The summed E-state index contributed by atoms with van der Waals surface area (Å²) in [5, 5.41) is 0.239. The standard InChI is InChI=1S/C35H16F3N5O4S3/c36-35(37,38)17-10-11-18-20(12-17)29(44)30(45)26(18)40-33-27-25(41-50-42-27)21(14-39-33)24-13-22-31(49-24)32-28(19-8-4-5-9-23(19)48-32)43(22)34(46)47-15-16-6-2-1-3-7-16/h1-14H,15H2/b40-26-. The lowest BCUT2D eigenvalue weighted by Crippen LogP contribution is -2.30. The van der Waals surface area contributed by atoms with Crippen molar-refractivity contribution in [3.8, 4) is 10.4 Å². The number of pyridine rings is 1. The zero-order valence-electron chi connectivity index (χ0n) is 25.0. The Morgan fingerprint density at radius 1 is 0.840 bits per heavy atom. The van der Waals surface area contributed by atoms with Crippen LogP contribution in [0.5, 0.6) is 0 Å². The molecule has 0 spiro atoms. The summed E-state index contributed by atoms with van der Waals surface area (Å²) in [6, 6.07) is 21.7. The Morgan fingerprint density at radius 2 is 1.62 bits per heavy atom. The van der Waals surface area contributed by atoms with Crippen LogP contribution in [0.1, 0.15) is 11.1 Å². The molecule has 9 rings (SSSR count). The van der Waals surface area contributed by atoms with Gasteiger partial charge in [-0.3, -0.25) is 9.59 Å². The van der Waals surface area contributed by atoms with Gasteiger partial charge >= 0.3 is 12.3 Å². The molecule has 0 unspecified atom stereocenters. The lowest BCUT2D eigenvalue weighted by Gasteiger charge is -2.07. The zero-order valence-corrected chi connectivity index (χ0v) is 27.5. The number of halogens is 3. The topological polar surface area (TPSA) is 116 Å². The Morgan fingerprint density at radius 3 is 2.44 bits per heavy atom. The lowest BCUT2D eigenvalue weighted by atomic mass is 10.1. The molecule has 0 aliphatic rings. The SMILES string of the molecule is O=C(OCc1ccccc1)n1c2cc(-c3cnc(/N=c4\c(=O)c(=O)c5cc(C(F)(F)F)ccc45)c4nsnc34)sc2c2sc3ccccc3c21. The molecule has 0 aliphatic carbocycles. The van der Waals surface area contributed by atoms with Crippen LogP contribution >= 0.6 is 34.4 Å². The molecule has 5 aromatic heterocycles. The number of alkyl halides is 3. The molecule has 0 amide bonds. The lowest BCUT2D eigenvalue weighted by molar-refractivity contribution is -0.137. The van der Waals surface area contributed by atoms with Crippen LogP contribution in [-0.4, -0.2) is 24.4 Å². The maximum atomic E-state index is 13.8. The minimum atomic E-state index is -4.69. The highest BCUT2D eigenvalue weighted by Gasteiger charge is 2.31. The van der Waals surface area contributed by atoms with Gasteiger partial charge in [0.05, 0.1) is 37.7 Å². The molecular weight excluding hydrogens is 708 g/mol. The minimum absolute atomic E-state index is 0.0107. The number of benzene rings is 3. The van der Waals surface area contributed by atoms with E-state index in [0.29, 0.717) is 22.7 Å². The van der Waals surface area contributed by atoms with Crippen molar-refractivity contribution in [1.82, 2.24) is 18.3 Å². The predicted molar refractivity (Wildman–Crippen MR) is 188 cm³/mol. The van der Waals surface area contributed by atoms with Gasteiger partial charge in [0.15, 0.2) is 5.82 Å². The summed E-state index contributed by atoms with van der Waals surface area (Å²) in [6.07, 6.45) is -3.69. The predicted octanol–water partition coefficient (Wildman–Crippen LogP) is 8.32. The number of carbonyl (C=O) groups excluding carboxylic acids is 1. The first-order valence-electron chi connectivity index (χ1n) is 14.8. The second-order valence-electron chi connectivity index (χ2n) is 11.3. The van der Waals surface area contributed by atoms with Crippen molar-refractivity contribution in [1.29, 1.82) is 0 Å². The summed E-state index contributed by atoms with van der Waals surface area (Å²) in [7, 11) is 0. The number of fused-ring (bicyclic) bond motifs is 7. The molecule has 4 aromatic carbocycles. The molecule has 50 heavy (non-hydrogen) atoms. The second kappa shape index (κ2) is 11.2. The van der Waals surface area contributed by atoms with Crippen LogP contribution in [0.3, 0.4) is 0 Å². The number of hydrogen-bond acceptors (Lipinski definition) is 11. The van der Waals surface area contributed by atoms with Gasteiger partial charge in [-0.15, -0.1) is 22.7 Å². The van der Waals surface area contributed by atoms with E-state index in [4.69, 9.17) is 4.74 Å². The number of hydrogen-bond donors (Lipinski definition) is 0. The summed E-state index contributed by atoms with van der Waals surface area (Å²) < 4.78 is 59.0. The molecule has 0 atom stereocenters. The molecule has 15 heteroatoms. The van der Waals surface area contributed by atoms with Gasteiger partial charge in [0.2, 0.25) is 5.43 Å². The number of carbonyl (C=O) groups is 1. The zero-order chi connectivity index (χ0) is 34.3. The summed E-state index contributed by atoms with van der Waals surface area (Å²) in [5.74, 6) is -0.0107. The van der Waals surface area contributed by atoms with Crippen molar-refractivity contribution in [2.45, 2.75) is 12.8 Å². The van der Waals surface area contributed by atoms with Crippen molar-refractivity contribution < 1.29 is 22.7 Å². The van der Waals surface area contributed by atoms with Crippen LogP contribution in [0, 0.1) is 0 Å². The van der Waals surface area contributed by atoms with E-state index in [-0.39, 0.29) is 34.1 Å². The number of thiophene rings is 2. The van der Waals surface area contributed by atoms with Crippen LogP contribution in [-0.2, 0) is 17.5 Å². The molecule has 0 aliphatic heterocycles. The Balaban J connectivity index is 1.18. The summed E-state index contributed by atoms with van der Waals surface area (Å²) in [5.41, 5.74) is 0.388. The maximum absolute atomic E-state index is 13.8. The highest BCUT2D eigenvalue weighted by atomic mass is 32.1. The Labute approximate surface area is 288 Å². The summed E-state index contributed by atoms with van der Waals surface area (Å²) in [4.78, 5) is 48.8. The van der Waals surface area contributed by atoms with E-state index in [9.17, 15) is 27.6 Å². The van der Waals surface area contributed by atoms with E-state index in [1.807, 2.05) is 60.7 Å². The quantitative estimate of drug-likeness (QED) is 0.168. The van der Waals surface area contributed by atoms with Crippen molar-refractivity contribution in [3.63, 3.8) is 0 Å². The summed E-state index contributed by atoms with van der Waals surface area (Å²) >= 11 is 3.92. The smallest absolute Gasteiger partial charge is 0.419 e. The van der Waals surface area contributed by atoms with E-state index in [1.165, 1.54) is 17.5 Å². The van der Waals surface area contributed by atoms with E-state index >= 15 is 0 Å². The molecule has 0 radical (unpaired) electrons. The molecule has 5 heterocycles. The monoisotopic (exact) mass is 723 g/mol. The summed E-state index contributed by atoms with van der Waals surface area (Å²) in [6.45, 7) is 0.0982. The second-order valence-corrected chi connectivity index (χ2v) is 13.9. The number of ether oxygens (including phenoxy) is 1. The molecule has 0 fully saturated rings. The fourth-order valence-corrected chi connectivity index (χ4v) is 9.09. The first-order chi connectivity index (χ1) is 24.2. The maximum Gasteiger partial charge on any atom is 0.419 e. The van der Waals surface area contributed by atoms with Crippen molar-refractivity contribution in [2.75, 3.05) is 0 Å². The molecule has 9 nitrogen and oxygen atoms in total. The van der Waals surface area contributed by atoms with Crippen molar-refractivity contribution in [2.24, 2.45) is 4.99 Å². The number of rotatable bonds is 4. The molecule has 0 saturated carbocycles. The van der Waals surface area contributed by atoms with E-state index in [1.54, 1.807) is 15.9 Å². The van der Waals surface area contributed by atoms with E-state index < -0.39 is 28.7 Å². The van der Waals surface area contributed by atoms with Gasteiger partial charge in [-0.05, 0) is 29.8 Å². The van der Waals surface area contributed by atoms with Gasteiger partial charge in [0, 0.05) is 37.5 Å². The van der Waals surface area contributed by atoms with E-state index in [2.05, 4.69) is 18.7 Å². The van der Waals surface area contributed by atoms with Gasteiger partial charge in [-0.25, -0.2) is 19.3 Å². The van der Waals surface area contributed by atoms with Crippen LogP contribution in [0.25, 0.3) is 62.8 Å². The molecule has 0 N–H and O–H groups in total. The van der Waals surface area contributed by atoms with E-state index in [0.717, 1.165) is 59.3 Å². The fourth-order valence-electron chi connectivity index (χ4n) is 6.05. The Kier molecular flexibility index (Phi) is 6.81. The van der Waals surface area contributed by atoms with Crippen LogP contribution < -0.4 is 16.2 Å². The van der Waals surface area contributed by atoms with Crippen LogP contribution in [0.4, 0.5) is 23.8 Å². The number of aromatic nitrogens is 4. The van der Waals surface area contributed by atoms with Crippen molar-refractivity contribution >= 4 is 98.6 Å². The normalized spacial score (nSPS) is 12.7. The van der Waals surface area contributed by atoms with Gasteiger partial charge in [-0.1, -0.05) is 54.6 Å². The third-order valence-corrected chi connectivity index (χ3v) is 11.4.